The number of likely N-dealkylation sites (N-methyl/N-ethyl adjacent to an activating group) is 1. The van der Waals surface area contributed by atoms with Crippen LogP contribution in [0, 0.1) is 0 Å². The van der Waals surface area contributed by atoms with Gasteiger partial charge in [0.25, 0.3) is 0 Å². The van der Waals surface area contributed by atoms with Gasteiger partial charge in [0.15, 0.2) is 0 Å². The Morgan fingerprint density at radius 3 is 3.00 bits per heavy atom. The monoisotopic (exact) mass is 294 g/mol. The fourth-order valence-corrected chi connectivity index (χ4v) is 3.59. The molecule has 2 fully saturated rings. The van der Waals surface area contributed by atoms with E-state index >= 15 is 0 Å². The van der Waals surface area contributed by atoms with Gasteiger partial charge in [0.05, 0.1) is 12.7 Å². The molecule has 2 heterocycles. The minimum Gasteiger partial charge on any atom is -0.374 e. The molecule has 3 nitrogen and oxygen atoms in total. The lowest BCUT2D eigenvalue weighted by molar-refractivity contribution is -0.0369. The minimum absolute atomic E-state index is 0.389. The zero-order chi connectivity index (χ0) is 14.1. The van der Waals surface area contributed by atoms with E-state index < -0.39 is 0 Å². The van der Waals surface area contributed by atoms with Crippen LogP contribution in [0.2, 0.25) is 5.02 Å². The number of rotatable bonds is 3. The first-order valence-electron chi connectivity index (χ1n) is 7.43. The van der Waals surface area contributed by atoms with Gasteiger partial charge in [0.1, 0.15) is 0 Å². The van der Waals surface area contributed by atoms with E-state index in [0.717, 1.165) is 37.8 Å². The Hall–Kier alpha value is -0.610. The number of hydrogen-bond acceptors (Lipinski definition) is 3. The first kappa shape index (κ1) is 14.3. The molecule has 0 spiro atoms. The molecule has 1 aromatic carbocycles. The molecule has 0 saturated carbocycles. The Labute approximate surface area is 126 Å². The van der Waals surface area contributed by atoms with Gasteiger partial charge in [0.2, 0.25) is 0 Å². The summed E-state index contributed by atoms with van der Waals surface area (Å²) in [7, 11) is 2.21. The van der Waals surface area contributed by atoms with Crippen molar-refractivity contribution in [1.82, 2.24) is 9.80 Å². The summed E-state index contributed by atoms with van der Waals surface area (Å²) in [4.78, 5) is 4.97. The van der Waals surface area contributed by atoms with Crippen molar-refractivity contribution in [2.24, 2.45) is 0 Å². The van der Waals surface area contributed by atoms with Crippen molar-refractivity contribution in [3.05, 3.63) is 34.9 Å². The summed E-state index contributed by atoms with van der Waals surface area (Å²) < 4.78 is 5.90. The summed E-state index contributed by atoms with van der Waals surface area (Å²) in [6, 6.07) is 8.79. The van der Waals surface area contributed by atoms with E-state index in [1.54, 1.807) is 0 Å². The zero-order valence-corrected chi connectivity index (χ0v) is 13.0. The van der Waals surface area contributed by atoms with Gasteiger partial charge in [-0.2, -0.15) is 0 Å². The number of halogens is 1. The van der Waals surface area contributed by atoms with Gasteiger partial charge in [0, 0.05) is 37.2 Å². The van der Waals surface area contributed by atoms with E-state index in [4.69, 9.17) is 16.3 Å². The normalized spacial score (nSPS) is 29.4. The molecule has 2 aliphatic rings. The van der Waals surface area contributed by atoms with Crippen LogP contribution in [0.3, 0.4) is 0 Å². The van der Waals surface area contributed by atoms with Crippen molar-refractivity contribution in [2.45, 2.75) is 25.0 Å². The maximum Gasteiger partial charge on any atom is 0.0869 e. The third kappa shape index (κ3) is 3.01. The van der Waals surface area contributed by atoms with E-state index in [-0.39, 0.29) is 0 Å². The first-order valence-corrected chi connectivity index (χ1v) is 7.81. The average molecular weight is 295 g/mol. The molecule has 2 aliphatic heterocycles. The van der Waals surface area contributed by atoms with Crippen LogP contribution in [0.4, 0.5) is 0 Å². The first-order chi connectivity index (χ1) is 9.63. The summed E-state index contributed by atoms with van der Waals surface area (Å²) in [6.45, 7) is 7.45. The lowest BCUT2D eigenvalue weighted by atomic mass is 10.0. The van der Waals surface area contributed by atoms with Gasteiger partial charge >= 0.3 is 0 Å². The van der Waals surface area contributed by atoms with Gasteiger partial charge in [-0.3, -0.25) is 9.80 Å². The smallest absolute Gasteiger partial charge is 0.0869 e. The maximum atomic E-state index is 6.08. The molecule has 3 rings (SSSR count). The van der Waals surface area contributed by atoms with Crippen molar-refractivity contribution in [2.75, 3.05) is 39.8 Å². The fraction of sp³-hybridized carbons (Fsp3) is 0.625. The second kappa shape index (κ2) is 6.02. The molecule has 0 N–H and O–H groups in total. The number of benzene rings is 1. The van der Waals surface area contributed by atoms with Gasteiger partial charge in [-0.25, -0.2) is 0 Å². The summed E-state index contributed by atoms with van der Waals surface area (Å²) in [5.74, 6) is 0.499. The third-order valence-electron chi connectivity index (χ3n) is 4.60. The van der Waals surface area contributed by atoms with Gasteiger partial charge < -0.3 is 4.74 Å². The highest BCUT2D eigenvalue weighted by Gasteiger charge is 2.38. The lowest BCUT2D eigenvalue weighted by Crippen LogP contribution is -2.48. The van der Waals surface area contributed by atoms with Crippen molar-refractivity contribution < 1.29 is 4.74 Å². The summed E-state index contributed by atoms with van der Waals surface area (Å²) in [5, 5.41) is 0.826. The van der Waals surface area contributed by atoms with Crippen LogP contribution < -0.4 is 0 Å². The number of nitrogens with zero attached hydrogens (tertiary/aromatic N) is 2. The van der Waals surface area contributed by atoms with Crippen molar-refractivity contribution in [3.63, 3.8) is 0 Å². The number of morpholine rings is 1. The maximum absolute atomic E-state index is 6.08. The fourth-order valence-electron chi connectivity index (χ4n) is 3.39. The van der Waals surface area contributed by atoms with Crippen molar-refractivity contribution in [1.29, 1.82) is 0 Å². The lowest BCUT2D eigenvalue weighted by Gasteiger charge is -2.33. The standard InChI is InChI=1S/C16H23ClN2O/c1-12(13-4-3-5-14(17)8-13)9-19-10-15-16(11-19)20-7-6-18(15)2/h3-5,8,12,15-16H,6-7,9-11H2,1-2H3/t12-,15+,16+/m1/s1. The van der Waals surface area contributed by atoms with Crippen LogP contribution in [0.25, 0.3) is 0 Å². The molecule has 0 radical (unpaired) electrons. The molecular weight excluding hydrogens is 272 g/mol. The Balaban J connectivity index is 1.61. The Morgan fingerprint density at radius 1 is 1.40 bits per heavy atom. The van der Waals surface area contributed by atoms with Crippen LogP contribution >= 0.6 is 11.6 Å². The van der Waals surface area contributed by atoms with Crippen LogP contribution in [0.5, 0.6) is 0 Å². The molecule has 110 valence electrons. The summed E-state index contributed by atoms with van der Waals surface area (Å²) in [6.07, 6.45) is 0.389. The number of fused-ring (bicyclic) bond motifs is 1. The van der Waals surface area contributed by atoms with Crippen molar-refractivity contribution in [3.8, 4) is 0 Å². The van der Waals surface area contributed by atoms with E-state index in [1.165, 1.54) is 5.56 Å². The molecule has 2 saturated heterocycles. The highest BCUT2D eigenvalue weighted by atomic mass is 35.5. The average Bonchev–Trinajstić information content (AvgIpc) is 2.83. The molecule has 20 heavy (non-hydrogen) atoms. The highest BCUT2D eigenvalue weighted by Crippen LogP contribution is 2.25. The van der Waals surface area contributed by atoms with Gasteiger partial charge in [-0.05, 0) is 30.7 Å². The van der Waals surface area contributed by atoms with Gasteiger partial charge in [-0.1, -0.05) is 30.7 Å². The van der Waals surface area contributed by atoms with Crippen LogP contribution in [-0.2, 0) is 4.74 Å². The highest BCUT2D eigenvalue weighted by molar-refractivity contribution is 6.30. The molecule has 0 amide bonds. The Morgan fingerprint density at radius 2 is 2.25 bits per heavy atom. The second-order valence-corrected chi connectivity index (χ2v) is 6.57. The molecule has 3 atom stereocenters. The molecular formula is C16H23ClN2O. The molecule has 4 heteroatoms. The van der Waals surface area contributed by atoms with Crippen molar-refractivity contribution >= 4 is 11.6 Å². The zero-order valence-electron chi connectivity index (χ0n) is 12.3. The predicted octanol–water partition coefficient (Wildman–Crippen LogP) is 2.46. The van der Waals surface area contributed by atoms with Crippen LogP contribution in [-0.4, -0.2) is 61.8 Å². The van der Waals surface area contributed by atoms with Crippen LogP contribution in [0.1, 0.15) is 18.4 Å². The van der Waals surface area contributed by atoms with E-state index in [0.29, 0.717) is 18.1 Å². The summed E-state index contributed by atoms with van der Waals surface area (Å²) >= 11 is 6.08. The van der Waals surface area contributed by atoms with Gasteiger partial charge in [-0.15, -0.1) is 0 Å². The largest absolute Gasteiger partial charge is 0.374 e. The second-order valence-electron chi connectivity index (χ2n) is 6.13. The molecule has 1 aromatic rings. The van der Waals surface area contributed by atoms with E-state index in [9.17, 15) is 0 Å². The third-order valence-corrected chi connectivity index (χ3v) is 4.84. The molecule has 0 bridgehead atoms. The van der Waals surface area contributed by atoms with Crippen LogP contribution in [0.15, 0.2) is 24.3 Å². The Bertz CT molecular complexity index is 468. The predicted molar refractivity (Wildman–Crippen MR) is 82.5 cm³/mol. The summed E-state index contributed by atoms with van der Waals surface area (Å²) in [5.41, 5.74) is 1.32. The SMILES string of the molecule is C[C@H](CN1C[C@@H]2OCCN(C)[C@H]2C1)c1cccc(Cl)c1. The van der Waals surface area contributed by atoms with E-state index in [2.05, 4.69) is 35.9 Å². The molecule has 0 unspecified atom stereocenters. The quantitative estimate of drug-likeness (QED) is 0.852. The topological polar surface area (TPSA) is 15.7 Å². The molecule has 0 aliphatic carbocycles. The minimum atomic E-state index is 0.389. The van der Waals surface area contributed by atoms with E-state index in [1.807, 2.05) is 12.1 Å². The Kier molecular flexibility index (Phi) is 4.32. The number of likely N-dealkylation sites (tertiary alicyclic amines) is 1. The number of ether oxygens (including phenoxy) is 1. The molecule has 0 aromatic heterocycles. The number of hydrogen-bond donors (Lipinski definition) is 0.